The quantitative estimate of drug-likeness (QED) is 0.316. The highest BCUT2D eigenvalue weighted by Crippen LogP contribution is 2.31. The third-order valence-electron chi connectivity index (χ3n) is 7.18. The molecule has 0 aromatic heterocycles. The van der Waals surface area contributed by atoms with Crippen LogP contribution in [0.1, 0.15) is 24.2 Å². The van der Waals surface area contributed by atoms with E-state index in [0.29, 0.717) is 16.5 Å². The van der Waals surface area contributed by atoms with Gasteiger partial charge in [0.2, 0.25) is 0 Å². The molecule has 0 aliphatic carbocycles. The first-order valence-corrected chi connectivity index (χ1v) is 15.4. The van der Waals surface area contributed by atoms with Crippen molar-refractivity contribution in [2.75, 3.05) is 43.9 Å². The van der Waals surface area contributed by atoms with E-state index < -0.39 is 28.1 Å². The first kappa shape index (κ1) is 31.9. The Kier molecular flexibility index (Phi) is 10.0. The number of carbonyl (C=O) groups excluding carboxylic acids is 2. The van der Waals surface area contributed by atoms with Gasteiger partial charge in [-0.25, -0.2) is 13.2 Å². The number of fused-ring (bicyclic) bond motifs is 1. The molecule has 11 nitrogen and oxygen atoms in total. The predicted molar refractivity (Wildman–Crippen MR) is 165 cm³/mol. The van der Waals surface area contributed by atoms with Crippen molar-refractivity contribution in [3.05, 3.63) is 77.3 Å². The summed E-state index contributed by atoms with van der Waals surface area (Å²) in [4.78, 5) is 29.7. The largest absolute Gasteiger partial charge is 0.497 e. The second-order valence-electron chi connectivity index (χ2n) is 10.4. The summed E-state index contributed by atoms with van der Waals surface area (Å²) in [6, 6.07) is 16.2. The molecule has 1 aliphatic rings. The minimum Gasteiger partial charge on any atom is -0.497 e. The lowest BCUT2D eigenvalue weighted by Gasteiger charge is -2.38. The summed E-state index contributed by atoms with van der Waals surface area (Å²) >= 11 is 5.90. The normalized spacial score (nSPS) is 17.5. The molecule has 3 aromatic carbocycles. The molecule has 1 aliphatic heterocycles. The van der Waals surface area contributed by atoms with Gasteiger partial charge in [0.25, 0.3) is 15.9 Å². The van der Waals surface area contributed by atoms with E-state index in [-0.39, 0.29) is 53.5 Å². The summed E-state index contributed by atoms with van der Waals surface area (Å²) in [5.74, 6) is 0.249. The predicted octanol–water partition coefficient (Wildman–Crippen LogP) is 4.53. The lowest BCUT2D eigenvalue weighted by Crippen LogP contribution is -2.50. The van der Waals surface area contributed by atoms with E-state index in [1.807, 2.05) is 6.92 Å². The number of sulfonamides is 1. The Morgan fingerprint density at radius 2 is 1.79 bits per heavy atom. The monoisotopic (exact) mass is 630 g/mol. The van der Waals surface area contributed by atoms with Crippen LogP contribution in [0.2, 0.25) is 5.02 Å². The summed E-state index contributed by atoms with van der Waals surface area (Å²) in [5.41, 5.74) is 0.874. The molecule has 0 radical (unpaired) electrons. The molecule has 0 bridgehead atoms. The Hall–Kier alpha value is -4.00. The van der Waals surface area contributed by atoms with Gasteiger partial charge >= 0.3 is 6.03 Å². The number of halogens is 1. The summed E-state index contributed by atoms with van der Waals surface area (Å²) in [5, 5.41) is 13.2. The van der Waals surface area contributed by atoms with Crippen molar-refractivity contribution in [3.8, 4) is 11.5 Å². The average molecular weight is 631 g/mol. The third kappa shape index (κ3) is 7.70. The number of ether oxygens (including phenoxy) is 2. The van der Waals surface area contributed by atoms with E-state index in [1.54, 1.807) is 45.3 Å². The first-order chi connectivity index (χ1) is 20.4. The number of hydrogen-bond acceptors (Lipinski definition) is 7. The lowest BCUT2D eigenvalue weighted by molar-refractivity contribution is 0.0371. The molecule has 0 saturated carbocycles. The van der Waals surface area contributed by atoms with E-state index in [0.717, 1.165) is 0 Å². The highest BCUT2D eigenvalue weighted by atomic mass is 35.5. The van der Waals surface area contributed by atoms with Gasteiger partial charge in [0.1, 0.15) is 17.6 Å². The van der Waals surface area contributed by atoms with Crippen molar-refractivity contribution in [3.63, 3.8) is 0 Å². The van der Waals surface area contributed by atoms with Crippen molar-refractivity contribution < 1.29 is 32.6 Å². The van der Waals surface area contributed by atoms with Crippen LogP contribution in [-0.4, -0.2) is 81.3 Å². The Morgan fingerprint density at radius 3 is 2.42 bits per heavy atom. The molecule has 3 atom stereocenters. The number of nitrogens with zero attached hydrogens (tertiary/aromatic N) is 2. The molecular formula is C30H35ClN4O7S. The number of hydrogen-bond donors (Lipinski definition) is 3. The SMILES string of the molecule is COc1ccc(NC(=O)N(C)C[C@H]2Oc3ccc(NS(=O)(=O)c4ccc(Cl)cc4)cc3C(=O)N([C@H](C)CO)C[C@@H]2C)cc1. The van der Waals surface area contributed by atoms with Gasteiger partial charge in [-0.15, -0.1) is 0 Å². The number of likely N-dealkylation sites (N-methyl/N-ethyl adjacent to an activating group) is 1. The molecule has 1 heterocycles. The van der Waals surface area contributed by atoms with Crippen LogP contribution < -0.4 is 19.5 Å². The zero-order valence-corrected chi connectivity index (χ0v) is 25.9. The van der Waals surface area contributed by atoms with Crippen LogP contribution in [0.3, 0.4) is 0 Å². The van der Waals surface area contributed by atoms with Crippen LogP contribution in [0.5, 0.6) is 11.5 Å². The smallest absolute Gasteiger partial charge is 0.321 e. The van der Waals surface area contributed by atoms with Gasteiger partial charge in [-0.1, -0.05) is 18.5 Å². The Morgan fingerprint density at radius 1 is 1.14 bits per heavy atom. The molecule has 0 fully saturated rings. The zero-order valence-electron chi connectivity index (χ0n) is 24.3. The number of rotatable bonds is 9. The minimum atomic E-state index is -3.97. The standard InChI is InChI=1S/C30H35ClN4O7S/c1-19-16-35(20(2)18-36)29(37)26-15-23(33-43(39,40)25-12-5-21(31)6-13-25)9-14-27(26)42-28(19)17-34(3)30(38)32-22-7-10-24(41-4)11-8-22/h5-15,19-20,28,33,36H,16-18H2,1-4H3,(H,32,38)/t19-,20+,28+/m0/s1. The maximum atomic E-state index is 13.7. The molecule has 13 heteroatoms. The summed E-state index contributed by atoms with van der Waals surface area (Å²) < 4.78 is 40.0. The Balaban J connectivity index is 1.59. The third-order valence-corrected chi connectivity index (χ3v) is 8.83. The number of anilines is 2. The Labute approximate surface area is 256 Å². The molecule has 3 aromatic rings. The van der Waals surface area contributed by atoms with Crippen molar-refractivity contribution in [1.82, 2.24) is 9.80 Å². The maximum Gasteiger partial charge on any atom is 0.321 e. The van der Waals surface area contributed by atoms with Gasteiger partial charge in [0.15, 0.2) is 0 Å². The van der Waals surface area contributed by atoms with Gasteiger partial charge in [-0.2, -0.15) is 0 Å². The number of nitrogens with one attached hydrogen (secondary N) is 2. The van der Waals surface area contributed by atoms with Crippen LogP contribution in [0.25, 0.3) is 0 Å². The molecule has 43 heavy (non-hydrogen) atoms. The van der Waals surface area contributed by atoms with Crippen LogP contribution in [0.4, 0.5) is 16.2 Å². The van der Waals surface area contributed by atoms with Gasteiger partial charge in [0, 0.05) is 35.9 Å². The highest BCUT2D eigenvalue weighted by molar-refractivity contribution is 7.92. The topological polar surface area (TPSA) is 138 Å². The summed E-state index contributed by atoms with van der Waals surface area (Å²) in [7, 11) is -0.769. The second kappa shape index (κ2) is 13.5. The van der Waals surface area contributed by atoms with Crippen LogP contribution in [0.15, 0.2) is 71.6 Å². The van der Waals surface area contributed by atoms with Gasteiger partial charge < -0.3 is 29.7 Å². The number of aliphatic hydroxyl groups is 1. The molecule has 0 saturated heterocycles. The number of amides is 3. The number of methoxy groups -OCH3 is 1. The molecule has 0 unspecified atom stereocenters. The number of urea groups is 1. The van der Waals surface area contributed by atoms with Crippen LogP contribution in [-0.2, 0) is 10.0 Å². The van der Waals surface area contributed by atoms with Crippen molar-refractivity contribution in [2.45, 2.75) is 30.9 Å². The van der Waals surface area contributed by atoms with Crippen LogP contribution >= 0.6 is 11.6 Å². The van der Waals surface area contributed by atoms with Gasteiger partial charge in [0.05, 0.1) is 36.8 Å². The fraction of sp³-hybridized carbons (Fsp3) is 0.333. The molecule has 4 rings (SSSR count). The van der Waals surface area contributed by atoms with Gasteiger partial charge in [-0.05, 0) is 73.7 Å². The fourth-order valence-corrected chi connectivity index (χ4v) is 5.75. The van der Waals surface area contributed by atoms with Gasteiger partial charge in [-0.3, -0.25) is 9.52 Å². The van der Waals surface area contributed by atoms with Crippen molar-refractivity contribution in [2.24, 2.45) is 5.92 Å². The molecule has 0 spiro atoms. The van der Waals surface area contributed by atoms with Crippen molar-refractivity contribution >= 4 is 44.9 Å². The first-order valence-electron chi connectivity index (χ1n) is 13.6. The molecular weight excluding hydrogens is 596 g/mol. The maximum absolute atomic E-state index is 13.7. The fourth-order valence-electron chi connectivity index (χ4n) is 4.58. The summed E-state index contributed by atoms with van der Waals surface area (Å²) in [6.07, 6.45) is -0.538. The average Bonchev–Trinajstić information content (AvgIpc) is 2.99. The van der Waals surface area contributed by atoms with E-state index in [9.17, 15) is 23.1 Å². The lowest BCUT2D eigenvalue weighted by atomic mass is 9.99. The van der Waals surface area contributed by atoms with Crippen LogP contribution in [0, 0.1) is 5.92 Å². The van der Waals surface area contributed by atoms with E-state index in [1.165, 1.54) is 52.3 Å². The Bertz CT molecular complexity index is 1550. The number of carbonyl (C=O) groups is 2. The van der Waals surface area contributed by atoms with E-state index in [2.05, 4.69) is 10.0 Å². The number of aliphatic hydroxyl groups excluding tert-OH is 1. The van der Waals surface area contributed by atoms with Crippen molar-refractivity contribution in [1.29, 1.82) is 0 Å². The number of benzene rings is 3. The van der Waals surface area contributed by atoms with E-state index >= 15 is 0 Å². The zero-order chi connectivity index (χ0) is 31.3. The second-order valence-corrected chi connectivity index (χ2v) is 12.6. The minimum absolute atomic E-state index is 0.00610. The molecule has 3 N–H and O–H groups in total. The highest BCUT2D eigenvalue weighted by Gasteiger charge is 2.34. The molecule has 230 valence electrons. The molecule has 3 amide bonds. The van der Waals surface area contributed by atoms with E-state index in [4.69, 9.17) is 21.1 Å². The summed E-state index contributed by atoms with van der Waals surface area (Å²) in [6.45, 7) is 3.78.